The molecular weight excluding hydrogens is 366 g/mol. The average molecular weight is 393 g/mol. The van der Waals surface area contributed by atoms with Crippen molar-refractivity contribution in [2.75, 3.05) is 11.9 Å². The van der Waals surface area contributed by atoms with E-state index in [1.807, 2.05) is 50.2 Å². The minimum absolute atomic E-state index is 0.0279. The normalized spacial score (nSPS) is 27.0. The number of aliphatic hydroxyl groups excluding tert-OH is 1. The number of nitrogens with one attached hydrogen (secondary N) is 1. The number of fused-ring (bicyclic) bond motifs is 2. The number of anilines is 1. The monoisotopic (exact) mass is 393 g/mol. The summed E-state index contributed by atoms with van der Waals surface area (Å²) in [4.78, 5) is 12.9. The lowest BCUT2D eigenvalue weighted by molar-refractivity contribution is -0.281. The molecule has 2 N–H and O–H groups in total. The molecule has 5 nitrogen and oxygen atoms in total. The summed E-state index contributed by atoms with van der Waals surface area (Å²) < 4.78 is 12.3. The zero-order valence-corrected chi connectivity index (χ0v) is 16.9. The van der Waals surface area contributed by atoms with Crippen LogP contribution in [0, 0.1) is 19.8 Å². The van der Waals surface area contributed by atoms with Gasteiger partial charge in [0, 0.05) is 5.56 Å². The molecule has 2 aromatic rings. The highest BCUT2D eigenvalue weighted by molar-refractivity contribution is 6.04. The molecule has 2 unspecified atom stereocenters. The van der Waals surface area contributed by atoms with Crippen molar-refractivity contribution in [1.82, 2.24) is 0 Å². The number of amides is 1. The average Bonchev–Trinajstić information content (AvgIpc) is 3.47. The molecular formula is C24H27NO4. The molecule has 1 saturated heterocycles. The molecule has 2 heterocycles. The number of ether oxygens (including phenoxy) is 2. The first kappa shape index (κ1) is 18.8. The minimum Gasteiger partial charge on any atom is -0.384 e. The van der Waals surface area contributed by atoms with Gasteiger partial charge in [0.25, 0.3) is 11.7 Å². The van der Waals surface area contributed by atoms with Gasteiger partial charge in [0.1, 0.15) is 6.10 Å². The van der Waals surface area contributed by atoms with E-state index in [0.29, 0.717) is 17.9 Å². The van der Waals surface area contributed by atoms with Gasteiger partial charge in [-0.3, -0.25) is 4.79 Å². The quantitative estimate of drug-likeness (QED) is 0.821. The fourth-order valence-electron chi connectivity index (χ4n) is 4.68. The Balaban J connectivity index is 1.51. The third-order valence-corrected chi connectivity index (χ3v) is 6.45. The number of benzene rings is 2. The SMILES string of the molecule is Cc1cccc(C)c1C(O)c1ccc2c(c1)[C@]1(OCCC(CC3CC3)O1)C(=O)N2. The third kappa shape index (κ3) is 3.18. The van der Waals surface area contributed by atoms with Gasteiger partial charge in [0.15, 0.2) is 0 Å². The van der Waals surface area contributed by atoms with Crippen LogP contribution in [0.5, 0.6) is 0 Å². The number of carbonyl (C=O) groups is 1. The van der Waals surface area contributed by atoms with Crippen molar-refractivity contribution in [3.8, 4) is 0 Å². The third-order valence-electron chi connectivity index (χ3n) is 6.45. The number of rotatable bonds is 4. The maximum Gasteiger partial charge on any atom is 0.289 e. The number of carbonyl (C=O) groups excluding carboxylic acids is 1. The fraction of sp³-hybridized carbons (Fsp3) is 0.458. The first-order valence-corrected chi connectivity index (χ1v) is 10.5. The van der Waals surface area contributed by atoms with Crippen molar-refractivity contribution in [2.24, 2.45) is 5.92 Å². The van der Waals surface area contributed by atoms with Gasteiger partial charge in [-0.05, 0) is 67.0 Å². The van der Waals surface area contributed by atoms with Gasteiger partial charge < -0.3 is 19.9 Å². The molecule has 3 aliphatic rings. The van der Waals surface area contributed by atoms with Gasteiger partial charge in [-0.1, -0.05) is 37.1 Å². The van der Waals surface area contributed by atoms with Gasteiger partial charge in [0.2, 0.25) is 0 Å². The molecule has 152 valence electrons. The van der Waals surface area contributed by atoms with Crippen molar-refractivity contribution in [1.29, 1.82) is 0 Å². The Bertz CT molecular complexity index is 947. The van der Waals surface area contributed by atoms with E-state index in [9.17, 15) is 9.90 Å². The maximum atomic E-state index is 12.9. The molecule has 0 bridgehead atoms. The van der Waals surface area contributed by atoms with E-state index in [0.717, 1.165) is 41.0 Å². The zero-order chi connectivity index (χ0) is 20.2. The second-order valence-electron chi connectivity index (χ2n) is 8.64. The summed E-state index contributed by atoms with van der Waals surface area (Å²) in [5.74, 6) is -0.952. The van der Waals surface area contributed by atoms with E-state index < -0.39 is 11.9 Å². The second-order valence-corrected chi connectivity index (χ2v) is 8.64. The van der Waals surface area contributed by atoms with Crippen LogP contribution in [0.3, 0.4) is 0 Å². The Hall–Kier alpha value is -2.21. The van der Waals surface area contributed by atoms with E-state index in [4.69, 9.17) is 9.47 Å². The standard InChI is InChI=1S/C24H27NO4/c1-14-4-3-5-15(2)21(14)22(26)17-8-9-20-19(13-17)24(23(27)25-20)28-11-10-18(29-24)12-16-6-7-16/h3-5,8-9,13,16,18,22,26H,6-7,10-12H2,1-2H3,(H,25,27)/t18?,22?,24-/m1/s1. The van der Waals surface area contributed by atoms with Crippen LogP contribution in [-0.4, -0.2) is 23.7 Å². The smallest absolute Gasteiger partial charge is 0.289 e. The highest BCUT2D eigenvalue weighted by Gasteiger charge is 2.53. The molecule has 1 aliphatic carbocycles. The highest BCUT2D eigenvalue weighted by atomic mass is 16.7. The maximum absolute atomic E-state index is 12.9. The zero-order valence-electron chi connectivity index (χ0n) is 16.9. The predicted molar refractivity (Wildman–Crippen MR) is 110 cm³/mol. The molecule has 1 spiro atoms. The molecule has 0 radical (unpaired) electrons. The summed E-state index contributed by atoms with van der Waals surface area (Å²) >= 11 is 0. The van der Waals surface area contributed by atoms with Crippen LogP contribution in [0.15, 0.2) is 36.4 Å². The summed E-state index contributed by atoms with van der Waals surface area (Å²) in [6.45, 7) is 4.50. The Labute approximate surface area is 171 Å². The molecule has 29 heavy (non-hydrogen) atoms. The topological polar surface area (TPSA) is 67.8 Å². The molecule has 2 aromatic carbocycles. The predicted octanol–water partition coefficient (Wildman–Crippen LogP) is 4.10. The summed E-state index contributed by atoms with van der Waals surface area (Å²) in [6.07, 6.45) is 3.55. The Morgan fingerprint density at radius 3 is 2.66 bits per heavy atom. The van der Waals surface area contributed by atoms with E-state index in [1.165, 1.54) is 12.8 Å². The summed E-state index contributed by atoms with van der Waals surface area (Å²) in [6, 6.07) is 11.6. The molecule has 1 amide bonds. The highest BCUT2D eigenvalue weighted by Crippen LogP contribution is 2.46. The van der Waals surface area contributed by atoms with Crippen LogP contribution in [0.1, 0.15) is 59.6 Å². The van der Waals surface area contributed by atoms with Crippen LogP contribution < -0.4 is 5.32 Å². The van der Waals surface area contributed by atoms with Gasteiger partial charge in [-0.25, -0.2) is 0 Å². The number of hydrogen-bond donors (Lipinski definition) is 2. The largest absolute Gasteiger partial charge is 0.384 e. The van der Waals surface area contributed by atoms with Crippen molar-refractivity contribution < 1.29 is 19.4 Å². The molecule has 2 aliphatic heterocycles. The van der Waals surface area contributed by atoms with Crippen molar-refractivity contribution in [3.63, 3.8) is 0 Å². The van der Waals surface area contributed by atoms with Crippen molar-refractivity contribution >= 4 is 11.6 Å². The molecule has 5 heteroatoms. The van der Waals surface area contributed by atoms with E-state index in [-0.39, 0.29) is 12.0 Å². The van der Waals surface area contributed by atoms with Crippen LogP contribution >= 0.6 is 0 Å². The molecule has 1 saturated carbocycles. The van der Waals surface area contributed by atoms with Crippen molar-refractivity contribution in [3.05, 3.63) is 64.2 Å². The van der Waals surface area contributed by atoms with Crippen LogP contribution in [-0.2, 0) is 20.1 Å². The van der Waals surface area contributed by atoms with Gasteiger partial charge in [-0.2, -0.15) is 0 Å². The van der Waals surface area contributed by atoms with Gasteiger partial charge in [-0.15, -0.1) is 0 Å². The van der Waals surface area contributed by atoms with Crippen LogP contribution in [0.4, 0.5) is 5.69 Å². The fourth-order valence-corrected chi connectivity index (χ4v) is 4.68. The number of aryl methyl sites for hydroxylation is 2. The summed E-state index contributed by atoms with van der Waals surface area (Å²) in [7, 11) is 0. The first-order valence-electron chi connectivity index (χ1n) is 10.5. The van der Waals surface area contributed by atoms with Crippen LogP contribution in [0.2, 0.25) is 0 Å². The molecule has 0 aromatic heterocycles. The van der Waals surface area contributed by atoms with E-state index >= 15 is 0 Å². The summed E-state index contributed by atoms with van der Waals surface area (Å²) in [5.41, 5.74) is 5.07. The van der Waals surface area contributed by atoms with Crippen molar-refractivity contribution in [2.45, 2.75) is 57.5 Å². The Kier molecular flexibility index (Phi) is 4.50. The van der Waals surface area contributed by atoms with E-state index in [2.05, 4.69) is 5.32 Å². The number of aliphatic hydroxyl groups is 1. The Morgan fingerprint density at radius 2 is 1.93 bits per heavy atom. The Morgan fingerprint density at radius 1 is 1.17 bits per heavy atom. The van der Waals surface area contributed by atoms with Gasteiger partial charge in [0.05, 0.1) is 18.4 Å². The minimum atomic E-state index is -1.40. The van der Waals surface area contributed by atoms with Gasteiger partial charge >= 0.3 is 0 Å². The molecule has 2 fully saturated rings. The van der Waals surface area contributed by atoms with Crippen LogP contribution in [0.25, 0.3) is 0 Å². The van der Waals surface area contributed by atoms with E-state index in [1.54, 1.807) is 0 Å². The lowest BCUT2D eigenvalue weighted by atomic mass is 9.91. The summed E-state index contributed by atoms with van der Waals surface area (Å²) in [5, 5.41) is 14.0. The number of hydrogen-bond acceptors (Lipinski definition) is 4. The molecule has 5 rings (SSSR count). The second kappa shape index (κ2) is 6.94. The lowest BCUT2D eigenvalue weighted by Gasteiger charge is -2.37. The molecule has 3 atom stereocenters. The first-order chi connectivity index (χ1) is 14.0. The lowest BCUT2D eigenvalue weighted by Crippen LogP contribution is -2.47.